The van der Waals surface area contributed by atoms with Crippen LogP contribution in [-0.2, 0) is 4.79 Å². The molecule has 52 valence electrons. The molecule has 1 rings (SSSR count). The second-order valence-corrected chi connectivity index (χ2v) is 3.96. The predicted octanol–water partition coefficient (Wildman–Crippen LogP) is 0.695. The zero-order valence-electron chi connectivity index (χ0n) is 5.43. The molecular weight excluding hydrogens is 229 g/mol. The summed E-state index contributed by atoms with van der Waals surface area (Å²) in [5.41, 5.74) is 0. The van der Waals surface area contributed by atoms with E-state index < -0.39 is 0 Å². The van der Waals surface area contributed by atoms with Gasteiger partial charge in [0.05, 0.1) is 10.5 Å². The molecule has 0 radical (unpaired) electrons. The number of carbonyl (C=O) groups is 1. The van der Waals surface area contributed by atoms with Crippen LogP contribution in [-0.4, -0.2) is 34.7 Å². The Morgan fingerprint density at radius 3 is 2.89 bits per heavy atom. The second-order valence-electron chi connectivity index (χ2n) is 2.46. The molecule has 0 saturated carbocycles. The van der Waals surface area contributed by atoms with Crippen LogP contribution in [0.3, 0.4) is 0 Å². The van der Waals surface area contributed by atoms with Crippen LogP contribution < -0.4 is 0 Å². The van der Waals surface area contributed by atoms with Crippen LogP contribution in [0.2, 0.25) is 0 Å². The molecule has 1 saturated heterocycles. The summed E-state index contributed by atoms with van der Waals surface area (Å²) < 4.78 is 0.277. The minimum absolute atomic E-state index is 0.277. The Labute approximate surface area is 68.7 Å². The fourth-order valence-electron chi connectivity index (χ4n) is 0.939. The highest BCUT2D eigenvalue weighted by Gasteiger charge is 2.21. The molecule has 3 heteroatoms. The van der Waals surface area contributed by atoms with Crippen LogP contribution in [0.4, 0.5) is 0 Å². The van der Waals surface area contributed by atoms with Crippen LogP contribution in [0, 0.1) is 0 Å². The Kier molecular flexibility index (Phi) is 2.46. The SMILES string of the molecule is CN1CCC(I)C(=O)C1. The van der Waals surface area contributed by atoms with Crippen molar-refractivity contribution < 1.29 is 4.79 Å². The van der Waals surface area contributed by atoms with E-state index in [0.717, 1.165) is 13.0 Å². The molecule has 1 aliphatic heterocycles. The minimum atomic E-state index is 0.277. The molecule has 0 aliphatic carbocycles. The lowest BCUT2D eigenvalue weighted by Gasteiger charge is -2.23. The number of halogens is 1. The molecule has 0 aromatic carbocycles. The minimum Gasteiger partial charge on any atom is -0.299 e. The molecule has 0 aromatic heterocycles. The number of alkyl halides is 1. The molecular formula is C6H10INO. The van der Waals surface area contributed by atoms with Gasteiger partial charge in [0, 0.05) is 0 Å². The number of likely N-dealkylation sites (tertiary alicyclic amines) is 1. The Balaban J connectivity index is 2.44. The number of ketones is 1. The third-order valence-corrected chi connectivity index (χ3v) is 2.86. The molecule has 0 aromatic rings. The lowest BCUT2D eigenvalue weighted by molar-refractivity contribution is -0.120. The lowest BCUT2D eigenvalue weighted by atomic mass is 10.1. The maximum atomic E-state index is 11.0. The Morgan fingerprint density at radius 2 is 2.44 bits per heavy atom. The number of likely N-dealkylation sites (N-methyl/N-ethyl adjacent to an activating group) is 1. The van der Waals surface area contributed by atoms with Gasteiger partial charge >= 0.3 is 0 Å². The van der Waals surface area contributed by atoms with E-state index in [1.807, 2.05) is 7.05 Å². The van der Waals surface area contributed by atoms with Crippen molar-refractivity contribution in [2.45, 2.75) is 10.3 Å². The second kappa shape index (κ2) is 2.96. The predicted molar refractivity (Wildman–Crippen MR) is 44.9 cm³/mol. The van der Waals surface area contributed by atoms with E-state index in [1.54, 1.807) is 0 Å². The molecule has 0 N–H and O–H groups in total. The quantitative estimate of drug-likeness (QED) is 0.458. The average molecular weight is 239 g/mol. The maximum absolute atomic E-state index is 11.0. The first kappa shape index (κ1) is 7.47. The van der Waals surface area contributed by atoms with Gasteiger partial charge in [0.2, 0.25) is 0 Å². The van der Waals surface area contributed by atoms with E-state index >= 15 is 0 Å². The number of hydrogen-bond acceptors (Lipinski definition) is 2. The molecule has 1 atom stereocenters. The van der Waals surface area contributed by atoms with Gasteiger partial charge in [0.15, 0.2) is 5.78 Å². The first-order valence-corrected chi connectivity index (χ1v) is 4.30. The van der Waals surface area contributed by atoms with Gasteiger partial charge in [-0.05, 0) is 20.0 Å². The standard InChI is InChI=1S/C6H10INO/c1-8-3-2-5(7)6(9)4-8/h5H,2-4H2,1H3. The fourth-order valence-corrected chi connectivity index (χ4v) is 1.41. The zero-order chi connectivity index (χ0) is 6.85. The highest BCUT2D eigenvalue weighted by atomic mass is 127. The van der Waals surface area contributed by atoms with Crippen molar-refractivity contribution in [2.24, 2.45) is 0 Å². The summed E-state index contributed by atoms with van der Waals surface area (Å²) >= 11 is 2.22. The molecule has 2 nitrogen and oxygen atoms in total. The Hall–Kier alpha value is 0.360. The zero-order valence-corrected chi connectivity index (χ0v) is 7.59. The maximum Gasteiger partial charge on any atom is 0.159 e. The molecule has 9 heavy (non-hydrogen) atoms. The first-order valence-electron chi connectivity index (χ1n) is 3.05. The number of rotatable bonds is 0. The summed E-state index contributed by atoms with van der Waals surface area (Å²) in [6.45, 7) is 1.72. The van der Waals surface area contributed by atoms with E-state index in [1.165, 1.54) is 0 Å². The third kappa shape index (κ3) is 1.89. The van der Waals surface area contributed by atoms with E-state index in [9.17, 15) is 4.79 Å². The van der Waals surface area contributed by atoms with Gasteiger partial charge in [-0.3, -0.25) is 9.69 Å². The van der Waals surface area contributed by atoms with Crippen LogP contribution in [0.5, 0.6) is 0 Å². The van der Waals surface area contributed by atoms with E-state index in [-0.39, 0.29) is 3.92 Å². The van der Waals surface area contributed by atoms with Gasteiger partial charge in [-0.1, -0.05) is 22.6 Å². The molecule has 1 unspecified atom stereocenters. The van der Waals surface area contributed by atoms with Crippen molar-refractivity contribution in [2.75, 3.05) is 20.1 Å². The van der Waals surface area contributed by atoms with Gasteiger partial charge < -0.3 is 0 Å². The highest BCUT2D eigenvalue weighted by molar-refractivity contribution is 14.1. The number of nitrogens with zero attached hydrogens (tertiary/aromatic N) is 1. The smallest absolute Gasteiger partial charge is 0.159 e. The van der Waals surface area contributed by atoms with Crippen LogP contribution in [0.25, 0.3) is 0 Å². The van der Waals surface area contributed by atoms with Crippen molar-refractivity contribution >= 4 is 28.4 Å². The monoisotopic (exact) mass is 239 g/mol. The van der Waals surface area contributed by atoms with Crippen LogP contribution >= 0.6 is 22.6 Å². The van der Waals surface area contributed by atoms with E-state index in [2.05, 4.69) is 27.5 Å². The van der Waals surface area contributed by atoms with Crippen molar-refractivity contribution in [3.8, 4) is 0 Å². The summed E-state index contributed by atoms with van der Waals surface area (Å²) in [7, 11) is 1.99. The molecule has 0 bridgehead atoms. The fraction of sp³-hybridized carbons (Fsp3) is 0.833. The van der Waals surface area contributed by atoms with Gasteiger partial charge in [-0.25, -0.2) is 0 Å². The summed E-state index contributed by atoms with van der Waals surface area (Å²) in [4.78, 5) is 13.0. The Morgan fingerprint density at radius 1 is 1.78 bits per heavy atom. The van der Waals surface area contributed by atoms with Gasteiger partial charge in [0.1, 0.15) is 0 Å². The lowest BCUT2D eigenvalue weighted by Crippen LogP contribution is -2.38. The van der Waals surface area contributed by atoms with Crippen LogP contribution in [0.15, 0.2) is 0 Å². The van der Waals surface area contributed by atoms with Gasteiger partial charge in [-0.2, -0.15) is 0 Å². The van der Waals surface area contributed by atoms with E-state index in [4.69, 9.17) is 0 Å². The summed E-state index contributed by atoms with van der Waals surface area (Å²) in [6.07, 6.45) is 1.02. The summed E-state index contributed by atoms with van der Waals surface area (Å²) in [5.74, 6) is 0.379. The number of piperidine rings is 1. The van der Waals surface area contributed by atoms with Crippen molar-refractivity contribution in [1.82, 2.24) is 4.90 Å². The number of Topliss-reactive ketones (excluding diaryl/α,β-unsaturated/α-hetero) is 1. The summed E-state index contributed by atoms with van der Waals surface area (Å²) in [6, 6.07) is 0. The Bertz CT molecular complexity index is 126. The number of carbonyl (C=O) groups excluding carboxylic acids is 1. The van der Waals surface area contributed by atoms with Crippen LogP contribution in [0.1, 0.15) is 6.42 Å². The van der Waals surface area contributed by atoms with E-state index in [0.29, 0.717) is 12.3 Å². The van der Waals surface area contributed by atoms with Crippen molar-refractivity contribution in [3.05, 3.63) is 0 Å². The average Bonchev–Trinajstić information content (AvgIpc) is 1.80. The number of hydrogen-bond donors (Lipinski definition) is 0. The highest BCUT2D eigenvalue weighted by Crippen LogP contribution is 2.13. The molecule has 1 aliphatic rings. The summed E-state index contributed by atoms with van der Waals surface area (Å²) in [5, 5.41) is 0. The van der Waals surface area contributed by atoms with Gasteiger partial charge in [-0.15, -0.1) is 0 Å². The molecule has 0 amide bonds. The molecule has 1 heterocycles. The van der Waals surface area contributed by atoms with Crippen molar-refractivity contribution in [3.63, 3.8) is 0 Å². The molecule has 1 fully saturated rings. The molecule has 0 spiro atoms. The largest absolute Gasteiger partial charge is 0.299 e. The first-order chi connectivity index (χ1) is 4.20. The van der Waals surface area contributed by atoms with Gasteiger partial charge in [0.25, 0.3) is 0 Å². The topological polar surface area (TPSA) is 20.3 Å². The van der Waals surface area contributed by atoms with Crippen molar-refractivity contribution in [1.29, 1.82) is 0 Å². The third-order valence-electron chi connectivity index (χ3n) is 1.54. The normalized spacial score (nSPS) is 30.9.